The first-order valence-electron chi connectivity index (χ1n) is 8.54. The fourth-order valence-corrected chi connectivity index (χ4v) is 3.17. The van der Waals surface area contributed by atoms with Gasteiger partial charge >= 0.3 is 0 Å². The molecule has 5 nitrogen and oxygen atoms in total. The topological polar surface area (TPSA) is 44.5 Å². The molecule has 24 heavy (non-hydrogen) atoms. The molecule has 1 aliphatic rings. The summed E-state index contributed by atoms with van der Waals surface area (Å²) in [5.41, 5.74) is 0.641. The molecule has 0 spiro atoms. The van der Waals surface area contributed by atoms with Gasteiger partial charge in [-0.2, -0.15) is 0 Å². The second kappa shape index (κ2) is 7.88. The zero-order valence-electron chi connectivity index (χ0n) is 14.1. The zero-order chi connectivity index (χ0) is 16.9. The number of aryl methyl sites for hydroxylation is 1. The lowest BCUT2D eigenvalue weighted by molar-refractivity contribution is 0.0687. The van der Waals surface area contributed by atoms with Gasteiger partial charge in [-0.1, -0.05) is 12.1 Å². The van der Waals surface area contributed by atoms with Gasteiger partial charge in [-0.05, 0) is 24.6 Å². The van der Waals surface area contributed by atoms with E-state index in [4.69, 9.17) is 0 Å². The molecule has 1 atom stereocenters. The lowest BCUT2D eigenvalue weighted by Gasteiger charge is -2.35. The Balaban J connectivity index is 1.48. The average Bonchev–Trinajstić information content (AvgIpc) is 3.04. The van der Waals surface area contributed by atoms with Crippen molar-refractivity contribution < 1.29 is 9.50 Å². The number of hydrogen-bond acceptors (Lipinski definition) is 4. The number of imidazole rings is 1. The van der Waals surface area contributed by atoms with Gasteiger partial charge in [-0.3, -0.25) is 9.80 Å². The molecule has 1 N–H and O–H groups in total. The first-order valence-corrected chi connectivity index (χ1v) is 8.54. The van der Waals surface area contributed by atoms with Gasteiger partial charge in [-0.15, -0.1) is 0 Å². The van der Waals surface area contributed by atoms with E-state index in [1.807, 2.05) is 12.4 Å². The second-order valence-electron chi connectivity index (χ2n) is 6.28. The van der Waals surface area contributed by atoms with Gasteiger partial charge in [0.05, 0.1) is 12.6 Å². The summed E-state index contributed by atoms with van der Waals surface area (Å²) in [4.78, 5) is 9.05. The summed E-state index contributed by atoms with van der Waals surface area (Å²) in [6.45, 7) is 8.17. The van der Waals surface area contributed by atoms with Crippen LogP contribution in [-0.4, -0.2) is 57.2 Å². The van der Waals surface area contributed by atoms with Crippen molar-refractivity contribution in [1.29, 1.82) is 0 Å². The number of piperazine rings is 1. The molecule has 1 saturated heterocycles. The molecule has 0 aliphatic carbocycles. The van der Waals surface area contributed by atoms with E-state index in [9.17, 15) is 9.50 Å². The lowest BCUT2D eigenvalue weighted by atomic mass is 10.1. The third-order valence-electron chi connectivity index (χ3n) is 4.64. The molecule has 3 rings (SSSR count). The SMILES string of the molecule is CCn1ccnc1CN1CCN(CC(O)c2cccc(F)c2)CC1. The Morgan fingerprint density at radius 3 is 2.67 bits per heavy atom. The number of hydrogen-bond donors (Lipinski definition) is 1. The lowest BCUT2D eigenvalue weighted by Crippen LogP contribution is -2.47. The molecule has 0 saturated carbocycles. The molecular formula is C18H25FN4O. The number of halogens is 1. The second-order valence-corrected chi connectivity index (χ2v) is 6.28. The number of benzene rings is 1. The van der Waals surface area contributed by atoms with Crippen molar-refractivity contribution in [2.24, 2.45) is 0 Å². The predicted molar refractivity (Wildman–Crippen MR) is 91.0 cm³/mol. The minimum Gasteiger partial charge on any atom is -0.387 e. The summed E-state index contributed by atoms with van der Waals surface area (Å²) in [6, 6.07) is 6.22. The van der Waals surface area contributed by atoms with Gasteiger partial charge in [0.15, 0.2) is 0 Å². The molecule has 2 aromatic rings. The first-order chi connectivity index (χ1) is 11.7. The van der Waals surface area contributed by atoms with Crippen molar-refractivity contribution >= 4 is 0 Å². The van der Waals surface area contributed by atoms with E-state index in [-0.39, 0.29) is 5.82 Å². The Morgan fingerprint density at radius 2 is 1.96 bits per heavy atom. The molecule has 1 aromatic heterocycles. The van der Waals surface area contributed by atoms with Crippen LogP contribution in [0.15, 0.2) is 36.7 Å². The highest BCUT2D eigenvalue weighted by molar-refractivity contribution is 5.19. The van der Waals surface area contributed by atoms with E-state index in [0.29, 0.717) is 12.1 Å². The largest absolute Gasteiger partial charge is 0.387 e. The highest BCUT2D eigenvalue weighted by Gasteiger charge is 2.21. The van der Waals surface area contributed by atoms with E-state index in [0.717, 1.165) is 45.1 Å². The van der Waals surface area contributed by atoms with Crippen LogP contribution in [0.4, 0.5) is 4.39 Å². The molecule has 130 valence electrons. The van der Waals surface area contributed by atoms with Crippen molar-refractivity contribution in [2.45, 2.75) is 26.1 Å². The smallest absolute Gasteiger partial charge is 0.123 e. The van der Waals surface area contributed by atoms with Gasteiger partial charge < -0.3 is 9.67 Å². The molecule has 0 amide bonds. The fourth-order valence-electron chi connectivity index (χ4n) is 3.17. The number of aromatic nitrogens is 2. The van der Waals surface area contributed by atoms with Crippen LogP contribution in [0.5, 0.6) is 0 Å². The Morgan fingerprint density at radius 1 is 1.21 bits per heavy atom. The van der Waals surface area contributed by atoms with Crippen molar-refractivity contribution in [3.8, 4) is 0 Å². The molecule has 1 aromatic carbocycles. The highest BCUT2D eigenvalue weighted by atomic mass is 19.1. The maximum Gasteiger partial charge on any atom is 0.123 e. The summed E-state index contributed by atoms with van der Waals surface area (Å²) in [5.74, 6) is 0.800. The van der Waals surface area contributed by atoms with Crippen LogP contribution in [0, 0.1) is 5.82 Å². The first kappa shape index (κ1) is 17.1. The van der Waals surface area contributed by atoms with E-state index in [1.54, 1.807) is 12.1 Å². The van der Waals surface area contributed by atoms with E-state index in [2.05, 4.69) is 26.3 Å². The van der Waals surface area contributed by atoms with E-state index < -0.39 is 6.10 Å². The average molecular weight is 332 g/mol. The third kappa shape index (κ3) is 4.20. The van der Waals surface area contributed by atoms with Crippen molar-refractivity contribution in [3.63, 3.8) is 0 Å². The number of aliphatic hydroxyl groups excluding tert-OH is 1. The molecule has 2 heterocycles. The van der Waals surface area contributed by atoms with E-state index in [1.165, 1.54) is 12.1 Å². The summed E-state index contributed by atoms with van der Waals surface area (Å²) < 4.78 is 15.4. The quantitative estimate of drug-likeness (QED) is 0.877. The van der Waals surface area contributed by atoms with Crippen LogP contribution < -0.4 is 0 Å². The summed E-state index contributed by atoms with van der Waals surface area (Å²) in [7, 11) is 0. The minimum absolute atomic E-state index is 0.303. The van der Waals surface area contributed by atoms with Gasteiger partial charge in [0.2, 0.25) is 0 Å². The molecule has 1 fully saturated rings. The third-order valence-corrected chi connectivity index (χ3v) is 4.64. The minimum atomic E-state index is -0.647. The Labute approximate surface area is 142 Å². The number of aliphatic hydroxyl groups is 1. The van der Waals surface area contributed by atoms with Crippen LogP contribution in [0.3, 0.4) is 0 Å². The highest BCUT2D eigenvalue weighted by Crippen LogP contribution is 2.17. The Kier molecular flexibility index (Phi) is 5.60. The van der Waals surface area contributed by atoms with Crippen LogP contribution in [0.25, 0.3) is 0 Å². The molecule has 1 unspecified atom stereocenters. The predicted octanol–water partition coefficient (Wildman–Crippen LogP) is 1.89. The Hall–Kier alpha value is -1.76. The van der Waals surface area contributed by atoms with Crippen LogP contribution in [0.2, 0.25) is 0 Å². The summed E-state index contributed by atoms with van der Waals surface area (Å²) in [5, 5.41) is 10.3. The number of nitrogens with zero attached hydrogens (tertiary/aromatic N) is 4. The van der Waals surface area contributed by atoms with E-state index >= 15 is 0 Å². The fraction of sp³-hybridized carbons (Fsp3) is 0.500. The molecule has 0 bridgehead atoms. The maximum absolute atomic E-state index is 13.3. The van der Waals surface area contributed by atoms with Gasteiger partial charge in [0.25, 0.3) is 0 Å². The van der Waals surface area contributed by atoms with Crippen LogP contribution in [-0.2, 0) is 13.1 Å². The molecule has 1 aliphatic heterocycles. The standard InChI is InChI=1S/C18H25FN4O/c1-2-23-7-6-20-18(23)14-22-10-8-21(9-11-22)13-17(24)15-4-3-5-16(19)12-15/h3-7,12,17,24H,2,8-11,13-14H2,1H3. The van der Waals surface area contributed by atoms with Crippen molar-refractivity contribution in [3.05, 3.63) is 53.9 Å². The zero-order valence-corrected chi connectivity index (χ0v) is 14.1. The summed E-state index contributed by atoms with van der Waals surface area (Å²) >= 11 is 0. The maximum atomic E-state index is 13.3. The number of β-amino-alcohol motifs (C(OH)–C–C–N with tert-alkyl or cyclic N) is 1. The molecular weight excluding hydrogens is 307 g/mol. The molecule has 0 radical (unpaired) electrons. The van der Waals surface area contributed by atoms with Crippen molar-refractivity contribution in [2.75, 3.05) is 32.7 Å². The number of rotatable bonds is 6. The van der Waals surface area contributed by atoms with Gasteiger partial charge in [-0.25, -0.2) is 9.37 Å². The van der Waals surface area contributed by atoms with Crippen LogP contribution >= 0.6 is 0 Å². The van der Waals surface area contributed by atoms with Gasteiger partial charge in [0.1, 0.15) is 11.6 Å². The Bertz CT molecular complexity index is 652. The van der Waals surface area contributed by atoms with Crippen molar-refractivity contribution in [1.82, 2.24) is 19.4 Å². The molecule has 6 heteroatoms. The van der Waals surface area contributed by atoms with Crippen LogP contribution in [0.1, 0.15) is 24.4 Å². The van der Waals surface area contributed by atoms with Gasteiger partial charge in [0, 0.05) is 51.7 Å². The summed E-state index contributed by atoms with van der Waals surface area (Å²) in [6.07, 6.45) is 3.22. The monoisotopic (exact) mass is 332 g/mol. The normalized spacial score (nSPS) is 18.0.